The van der Waals surface area contributed by atoms with Crippen LogP contribution in [0.25, 0.3) is 0 Å². The summed E-state index contributed by atoms with van der Waals surface area (Å²) in [6, 6.07) is 7.36. The van der Waals surface area contributed by atoms with Crippen LogP contribution in [0.1, 0.15) is 38.5 Å². The van der Waals surface area contributed by atoms with Crippen LogP contribution in [0.5, 0.6) is 5.75 Å². The second-order valence-corrected chi connectivity index (χ2v) is 7.45. The Bertz CT molecular complexity index is 734. The Morgan fingerprint density at radius 3 is 2.89 bits per heavy atom. The molecule has 0 aromatic heterocycles. The molecule has 152 valence electrons. The molecular weight excluding hydrogens is 380 g/mol. The number of benzene rings is 1. The topological polar surface area (TPSA) is 87.0 Å². The van der Waals surface area contributed by atoms with E-state index in [9.17, 15) is 15.0 Å². The number of carboxylic acids is 1. The maximum atomic E-state index is 10.6. The number of aliphatic hydroxyl groups is 2. The molecule has 0 bridgehead atoms. The summed E-state index contributed by atoms with van der Waals surface area (Å²) in [5, 5.41) is 27.7. The molecule has 5 nitrogen and oxygen atoms in total. The highest BCUT2D eigenvalue weighted by molar-refractivity contribution is 6.30. The summed E-state index contributed by atoms with van der Waals surface area (Å²) in [5.41, 5.74) is 2.85. The van der Waals surface area contributed by atoms with Crippen molar-refractivity contribution in [2.24, 2.45) is 11.8 Å². The number of ether oxygens (including phenoxy) is 1. The summed E-state index contributed by atoms with van der Waals surface area (Å²) >= 11 is 5.93. The van der Waals surface area contributed by atoms with E-state index >= 15 is 0 Å². The molecule has 0 saturated heterocycles. The fraction of sp³-hybridized carbons (Fsp3) is 0.455. The van der Waals surface area contributed by atoms with Crippen LogP contribution in [-0.2, 0) is 4.79 Å². The molecular formula is C22H27ClO5. The lowest BCUT2D eigenvalue weighted by Gasteiger charge is -2.14. The predicted molar refractivity (Wildman–Crippen MR) is 108 cm³/mol. The van der Waals surface area contributed by atoms with Crippen LogP contribution in [0.2, 0.25) is 5.02 Å². The molecule has 1 aliphatic rings. The van der Waals surface area contributed by atoms with Crippen LogP contribution in [0, 0.1) is 11.8 Å². The Hall–Kier alpha value is -2.04. The first kappa shape index (κ1) is 22.3. The molecule has 0 amide bonds. The maximum absolute atomic E-state index is 10.6. The van der Waals surface area contributed by atoms with Crippen LogP contribution < -0.4 is 4.74 Å². The zero-order valence-corrected chi connectivity index (χ0v) is 16.5. The number of aliphatic carboxylic acids is 1. The van der Waals surface area contributed by atoms with Crippen molar-refractivity contribution in [1.82, 2.24) is 0 Å². The number of rotatable bonds is 10. The van der Waals surface area contributed by atoms with E-state index < -0.39 is 11.8 Å². The van der Waals surface area contributed by atoms with Crippen LogP contribution in [0.4, 0.5) is 0 Å². The van der Waals surface area contributed by atoms with Gasteiger partial charge >= 0.3 is 5.97 Å². The lowest BCUT2D eigenvalue weighted by Crippen LogP contribution is -2.37. The van der Waals surface area contributed by atoms with E-state index in [4.69, 9.17) is 21.4 Å². The van der Waals surface area contributed by atoms with Gasteiger partial charge in [-0.1, -0.05) is 36.2 Å². The van der Waals surface area contributed by atoms with Crippen molar-refractivity contribution < 1.29 is 24.9 Å². The molecule has 1 aliphatic carbocycles. The van der Waals surface area contributed by atoms with Gasteiger partial charge in [0.15, 0.2) is 0 Å². The monoisotopic (exact) mass is 406 g/mol. The molecule has 0 radical (unpaired) electrons. The third kappa shape index (κ3) is 7.53. The number of allylic oxidation sites excluding steroid dienone is 1. The van der Waals surface area contributed by atoms with Gasteiger partial charge in [-0.25, -0.2) is 4.79 Å². The SMILES string of the molecule is O=C(O)C(O)(O)CC=C=CC[C@H]1CCC[C@@H]1/C=C/CCOc1cccc(Cl)c1. The third-order valence-electron chi connectivity index (χ3n) is 4.84. The van der Waals surface area contributed by atoms with Gasteiger partial charge in [0.05, 0.1) is 6.61 Å². The molecule has 28 heavy (non-hydrogen) atoms. The zero-order valence-electron chi connectivity index (χ0n) is 15.8. The van der Waals surface area contributed by atoms with Crippen molar-refractivity contribution in [2.75, 3.05) is 6.61 Å². The molecule has 6 heteroatoms. The van der Waals surface area contributed by atoms with Crippen LogP contribution in [0.3, 0.4) is 0 Å². The highest BCUT2D eigenvalue weighted by atomic mass is 35.5. The number of hydrogen-bond donors (Lipinski definition) is 3. The van der Waals surface area contributed by atoms with Crippen LogP contribution >= 0.6 is 11.6 Å². The van der Waals surface area contributed by atoms with E-state index in [0.29, 0.717) is 23.5 Å². The van der Waals surface area contributed by atoms with Gasteiger partial charge in [0.2, 0.25) is 0 Å². The van der Waals surface area contributed by atoms with Gasteiger partial charge in [-0.05, 0) is 67.9 Å². The third-order valence-corrected chi connectivity index (χ3v) is 5.07. The average molecular weight is 407 g/mol. The van der Waals surface area contributed by atoms with E-state index in [1.54, 1.807) is 6.07 Å². The predicted octanol–water partition coefficient (Wildman–Crippen LogP) is 4.34. The van der Waals surface area contributed by atoms with E-state index in [1.807, 2.05) is 24.3 Å². The summed E-state index contributed by atoms with van der Waals surface area (Å²) in [6.45, 7) is 0.602. The van der Waals surface area contributed by atoms with E-state index in [1.165, 1.54) is 12.5 Å². The number of hydrogen-bond acceptors (Lipinski definition) is 4. The molecule has 1 aromatic rings. The first-order chi connectivity index (χ1) is 13.4. The minimum atomic E-state index is -2.73. The first-order valence-corrected chi connectivity index (χ1v) is 9.89. The molecule has 0 heterocycles. The number of carbonyl (C=O) groups is 1. The van der Waals surface area contributed by atoms with Crippen LogP contribution in [-0.4, -0.2) is 33.7 Å². The average Bonchev–Trinajstić information content (AvgIpc) is 3.08. The van der Waals surface area contributed by atoms with Gasteiger partial charge < -0.3 is 20.1 Å². The number of halogens is 1. The van der Waals surface area contributed by atoms with E-state index in [0.717, 1.165) is 31.4 Å². The van der Waals surface area contributed by atoms with Crippen LogP contribution in [0.15, 0.2) is 54.3 Å². The minimum Gasteiger partial charge on any atom is -0.493 e. The molecule has 1 saturated carbocycles. The summed E-state index contributed by atoms with van der Waals surface area (Å²) in [7, 11) is 0. The lowest BCUT2D eigenvalue weighted by atomic mass is 9.92. The van der Waals surface area contributed by atoms with Gasteiger partial charge in [0.1, 0.15) is 5.75 Å². The van der Waals surface area contributed by atoms with Crippen molar-refractivity contribution in [3.8, 4) is 5.75 Å². The van der Waals surface area contributed by atoms with Gasteiger partial charge in [-0.3, -0.25) is 0 Å². The fourth-order valence-electron chi connectivity index (χ4n) is 3.28. The second kappa shape index (κ2) is 11.1. The molecule has 2 rings (SSSR count). The molecule has 1 fully saturated rings. The molecule has 3 N–H and O–H groups in total. The Morgan fingerprint density at radius 2 is 2.14 bits per heavy atom. The highest BCUT2D eigenvalue weighted by Crippen LogP contribution is 2.35. The Kier molecular flexibility index (Phi) is 8.81. The fourth-order valence-corrected chi connectivity index (χ4v) is 3.46. The zero-order chi connectivity index (χ0) is 20.4. The number of carboxylic acid groups (broad SMARTS) is 1. The minimum absolute atomic E-state index is 0.389. The smallest absolute Gasteiger partial charge is 0.364 e. The highest BCUT2D eigenvalue weighted by Gasteiger charge is 2.31. The largest absolute Gasteiger partial charge is 0.493 e. The van der Waals surface area contributed by atoms with Crippen molar-refractivity contribution in [3.63, 3.8) is 0 Å². The molecule has 1 aromatic carbocycles. The van der Waals surface area contributed by atoms with Gasteiger partial charge in [-0.2, -0.15) is 0 Å². The standard InChI is InChI=1S/C22H27ClO5/c23-19-12-7-13-20(16-19)28-15-5-3-9-18-11-6-10-17(18)8-2-1-4-14-22(26,27)21(24)25/h2-4,7,9,12-13,16-18,26-27H,5-6,8,10-11,14-15H2,(H,24,25)/b9-3+/t1?,17-,18-/m0/s1. The van der Waals surface area contributed by atoms with Crippen molar-refractivity contribution in [1.29, 1.82) is 0 Å². The quantitative estimate of drug-likeness (QED) is 0.233. The van der Waals surface area contributed by atoms with E-state index in [2.05, 4.69) is 17.9 Å². The molecule has 0 aliphatic heterocycles. The summed E-state index contributed by atoms with van der Waals surface area (Å²) < 4.78 is 5.68. The van der Waals surface area contributed by atoms with E-state index in [-0.39, 0.29) is 6.42 Å². The Labute approximate surface area is 170 Å². The maximum Gasteiger partial charge on any atom is 0.364 e. The lowest BCUT2D eigenvalue weighted by molar-refractivity contribution is -0.201. The molecule has 2 atom stereocenters. The molecule has 0 spiro atoms. The molecule has 0 unspecified atom stereocenters. The summed E-state index contributed by atoms with van der Waals surface area (Å²) in [6.07, 6.45) is 12.4. The first-order valence-electron chi connectivity index (χ1n) is 9.51. The second-order valence-electron chi connectivity index (χ2n) is 7.01. The van der Waals surface area contributed by atoms with Crippen molar-refractivity contribution >= 4 is 17.6 Å². The van der Waals surface area contributed by atoms with Crippen molar-refractivity contribution in [3.05, 3.63) is 59.3 Å². The summed E-state index contributed by atoms with van der Waals surface area (Å²) in [5.74, 6) is -2.58. The van der Waals surface area contributed by atoms with Gasteiger partial charge in [0.25, 0.3) is 5.79 Å². The van der Waals surface area contributed by atoms with Gasteiger partial charge in [-0.15, -0.1) is 5.73 Å². The Balaban J connectivity index is 1.72. The van der Waals surface area contributed by atoms with Crippen molar-refractivity contribution in [2.45, 2.75) is 44.3 Å². The summed E-state index contributed by atoms with van der Waals surface area (Å²) in [4.78, 5) is 10.6. The van der Waals surface area contributed by atoms with Gasteiger partial charge in [0, 0.05) is 11.4 Å². The Morgan fingerprint density at radius 1 is 1.32 bits per heavy atom. The normalized spacial score (nSPS) is 19.4.